The van der Waals surface area contributed by atoms with E-state index in [-0.39, 0.29) is 17.9 Å². The minimum absolute atomic E-state index is 0.0712. The Kier molecular flexibility index (Phi) is 5.42. The molecule has 6 heteroatoms. The molecule has 6 nitrogen and oxygen atoms in total. The molecule has 5 rings (SSSR count). The molecule has 0 fully saturated rings. The summed E-state index contributed by atoms with van der Waals surface area (Å²) in [4.78, 5) is 40.7. The smallest absolute Gasteiger partial charge is 0.326 e. The molecule has 0 N–H and O–H groups in total. The normalized spacial score (nSPS) is 14.2. The number of hydrogen-bond acceptors (Lipinski definition) is 4. The first-order valence-corrected chi connectivity index (χ1v) is 11.1. The highest BCUT2D eigenvalue weighted by atomic mass is 16.5. The van der Waals surface area contributed by atoms with Crippen LogP contribution in [-0.4, -0.2) is 29.1 Å². The number of carbonyl (C=O) groups is 2. The molecule has 1 aliphatic heterocycles. The Morgan fingerprint density at radius 3 is 2.21 bits per heavy atom. The number of aromatic nitrogens is 1. The summed E-state index contributed by atoms with van der Waals surface area (Å²) >= 11 is 0. The molecular weight excluding hydrogens is 416 g/mol. The van der Waals surface area contributed by atoms with Gasteiger partial charge in [0.2, 0.25) is 0 Å². The van der Waals surface area contributed by atoms with Gasteiger partial charge in [0.25, 0.3) is 5.91 Å². The van der Waals surface area contributed by atoms with Crippen LogP contribution in [-0.2, 0) is 27.3 Å². The predicted octanol–water partition coefficient (Wildman–Crippen LogP) is 4.07. The van der Waals surface area contributed by atoms with Crippen LogP contribution in [0.2, 0.25) is 0 Å². The average molecular weight is 440 g/mol. The van der Waals surface area contributed by atoms with E-state index in [2.05, 4.69) is 0 Å². The first-order chi connectivity index (χ1) is 16.0. The summed E-state index contributed by atoms with van der Waals surface area (Å²) in [5, 5.41) is 1.08. The molecule has 0 radical (unpaired) electrons. The maximum atomic E-state index is 13.1. The molecule has 1 aromatic heterocycles. The number of carbonyl (C=O) groups excluding carboxylic acids is 2. The number of nitrogens with zero attached hydrogens (tertiary/aromatic N) is 2. The molecule has 0 saturated carbocycles. The summed E-state index contributed by atoms with van der Waals surface area (Å²) in [7, 11) is 0. The quantitative estimate of drug-likeness (QED) is 0.354. The lowest BCUT2D eigenvalue weighted by Gasteiger charge is -2.31. The Bertz CT molecular complexity index is 1380. The summed E-state index contributed by atoms with van der Waals surface area (Å²) in [6.07, 6.45) is 0.889. The van der Waals surface area contributed by atoms with Gasteiger partial charge >= 0.3 is 5.97 Å². The number of rotatable bonds is 4. The number of para-hydroxylation sites is 3. The number of esters is 1. The van der Waals surface area contributed by atoms with E-state index in [1.165, 1.54) is 0 Å². The van der Waals surface area contributed by atoms with Crippen LogP contribution < -0.4 is 10.3 Å². The lowest BCUT2D eigenvalue weighted by molar-refractivity contribution is -0.154. The van der Waals surface area contributed by atoms with Gasteiger partial charge in [-0.15, -0.1) is 0 Å². The molecule has 0 saturated heterocycles. The lowest BCUT2D eigenvalue weighted by atomic mass is 10.0. The van der Waals surface area contributed by atoms with Crippen LogP contribution in [0.4, 0.5) is 5.69 Å². The third-order valence-corrected chi connectivity index (χ3v) is 6.20. The Balaban J connectivity index is 1.41. The van der Waals surface area contributed by atoms with Crippen molar-refractivity contribution in [2.45, 2.75) is 32.4 Å². The van der Waals surface area contributed by atoms with Crippen molar-refractivity contribution in [3.63, 3.8) is 0 Å². The topological polar surface area (TPSA) is 68.6 Å². The van der Waals surface area contributed by atoms with Crippen LogP contribution in [0.1, 0.15) is 18.9 Å². The molecule has 33 heavy (non-hydrogen) atoms. The SMILES string of the molecule is CC(OC(=O)Cn1c2ccccc2c(=O)c2ccccc21)C(=O)N1CCCc2ccccc21. The van der Waals surface area contributed by atoms with Crippen LogP contribution in [0, 0.1) is 0 Å². The summed E-state index contributed by atoms with van der Waals surface area (Å²) in [6.45, 7) is 2.11. The first-order valence-electron chi connectivity index (χ1n) is 11.1. The third kappa shape index (κ3) is 3.78. The molecule has 1 amide bonds. The van der Waals surface area contributed by atoms with Crippen LogP contribution in [0.25, 0.3) is 21.8 Å². The standard InChI is InChI=1S/C27H24N2O4/c1-18(27(32)28-16-8-10-19-9-2-5-13-22(19)28)33-25(30)17-29-23-14-6-3-11-20(23)26(31)21-12-4-7-15-24(21)29/h2-7,9,11-15,18H,8,10,16-17H2,1H3. The van der Waals surface area contributed by atoms with Gasteiger partial charge in [0.1, 0.15) is 6.54 Å². The summed E-state index contributed by atoms with van der Waals surface area (Å²) < 4.78 is 7.36. The van der Waals surface area contributed by atoms with Gasteiger partial charge < -0.3 is 14.2 Å². The molecule has 2 heterocycles. The van der Waals surface area contributed by atoms with Crippen molar-refractivity contribution >= 4 is 39.4 Å². The van der Waals surface area contributed by atoms with Gasteiger partial charge in [-0.25, -0.2) is 0 Å². The molecular formula is C27H24N2O4. The van der Waals surface area contributed by atoms with Crippen molar-refractivity contribution in [3.8, 4) is 0 Å². The number of hydrogen-bond donors (Lipinski definition) is 0. The van der Waals surface area contributed by atoms with Gasteiger partial charge in [0, 0.05) is 23.0 Å². The second-order valence-electron chi connectivity index (χ2n) is 8.30. The fourth-order valence-corrected chi connectivity index (χ4v) is 4.64. The molecule has 166 valence electrons. The second kappa shape index (κ2) is 8.54. The lowest BCUT2D eigenvalue weighted by Crippen LogP contribution is -2.43. The number of benzene rings is 3. The summed E-state index contributed by atoms with van der Waals surface area (Å²) in [5.74, 6) is -0.759. The van der Waals surface area contributed by atoms with Crippen LogP contribution in [0.15, 0.2) is 77.6 Å². The zero-order valence-corrected chi connectivity index (χ0v) is 18.4. The Labute approximate surface area is 191 Å². The predicted molar refractivity (Wildman–Crippen MR) is 128 cm³/mol. The minimum Gasteiger partial charge on any atom is -0.451 e. The number of amides is 1. The molecule has 4 aromatic rings. The molecule has 0 spiro atoms. The monoisotopic (exact) mass is 440 g/mol. The average Bonchev–Trinajstić information content (AvgIpc) is 2.85. The van der Waals surface area contributed by atoms with Gasteiger partial charge in [-0.1, -0.05) is 42.5 Å². The van der Waals surface area contributed by atoms with Gasteiger partial charge in [-0.3, -0.25) is 14.4 Å². The summed E-state index contributed by atoms with van der Waals surface area (Å²) in [6, 6.07) is 22.2. The number of aryl methyl sites for hydroxylation is 1. The molecule has 1 unspecified atom stereocenters. The number of fused-ring (bicyclic) bond motifs is 3. The van der Waals surface area contributed by atoms with Crippen molar-refractivity contribution in [2.24, 2.45) is 0 Å². The number of anilines is 1. The van der Waals surface area contributed by atoms with Gasteiger partial charge in [0.05, 0.1) is 11.0 Å². The maximum absolute atomic E-state index is 13.1. The van der Waals surface area contributed by atoms with E-state index in [0.29, 0.717) is 28.4 Å². The van der Waals surface area contributed by atoms with E-state index in [9.17, 15) is 14.4 Å². The van der Waals surface area contributed by atoms with Crippen molar-refractivity contribution in [1.29, 1.82) is 0 Å². The fourth-order valence-electron chi connectivity index (χ4n) is 4.64. The first kappa shape index (κ1) is 20.9. The molecule has 1 atom stereocenters. The van der Waals surface area contributed by atoms with Gasteiger partial charge in [0.15, 0.2) is 11.5 Å². The molecule has 0 bridgehead atoms. The van der Waals surface area contributed by atoms with E-state index in [1.54, 1.807) is 40.7 Å². The van der Waals surface area contributed by atoms with Gasteiger partial charge in [-0.05, 0) is 55.7 Å². The van der Waals surface area contributed by atoms with Crippen molar-refractivity contribution < 1.29 is 14.3 Å². The number of pyridine rings is 1. The third-order valence-electron chi connectivity index (χ3n) is 6.20. The Morgan fingerprint density at radius 1 is 0.909 bits per heavy atom. The largest absolute Gasteiger partial charge is 0.451 e. The second-order valence-corrected chi connectivity index (χ2v) is 8.30. The molecule has 3 aromatic carbocycles. The molecule has 1 aliphatic rings. The fraction of sp³-hybridized carbons (Fsp3) is 0.222. The maximum Gasteiger partial charge on any atom is 0.326 e. The van der Waals surface area contributed by atoms with E-state index in [4.69, 9.17) is 4.74 Å². The van der Waals surface area contributed by atoms with Crippen molar-refractivity contribution in [1.82, 2.24) is 4.57 Å². The van der Waals surface area contributed by atoms with Crippen molar-refractivity contribution in [2.75, 3.05) is 11.4 Å². The van der Waals surface area contributed by atoms with Crippen LogP contribution >= 0.6 is 0 Å². The highest BCUT2D eigenvalue weighted by Gasteiger charge is 2.28. The highest BCUT2D eigenvalue weighted by molar-refractivity contribution is 5.99. The van der Waals surface area contributed by atoms with E-state index >= 15 is 0 Å². The molecule has 0 aliphatic carbocycles. The van der Waals surface area contributed by atoms with E-state index in [0.717, 1.165) is 24.1 Å². The zero-order chi connectivity index (χ0) is 22.9. The highest BCUT2D eigenvalue weighted by Crippen LogP contribution is 2.27. The van der Waals surface area contributed by atoms with E-state index < -0.39 is 12.1 Å². The van der Waals surface area contributed by atoms with Gasteiger partial charge in [-0.2, -0.15) is 0 Å². The number of ether oxygens (including phenoxy) is 1. The van der Waals surface area contributed by atoms with Crippen molar-refractivity contribution in [3.05, 3.63) is 88.6 Å². The van der Waals surface area contributed by atoms with E-state index in [1.807, 2.05) is 48.5 Å². The Hall–Kier alpha value is -3.93. The zero-order valence-electron chi connectivity index (χ0n) is 18.4. The minimum atomic E-state index is -0.916. The Morgan fingerprint density at radius 2 is 1.52 bits per heavy atom. The van der Waals surface area contributed by atoms with Crippen LogP contribution in [0.5, 0.6) is 0 Å². The summed E-state index contributed by atoms with van der Waals surface area (Å²) in [5.41, 5.74) is 3.25. The van der Waals surface area contributed by atoms with Crippen LogP contribution in [0.3, 0.4) is 0 Å².